The van der Waals surface area contributed by atoms with Gasteiger partial charge in [-0.3, -0.25) is 0 Å². The highest BCUT2D eigenvalue weighted by molar-refractivity contribution is 5.82. The summed E-state index contributed by atoms with van der Waals surface area (Å²) in [5.74, 6) is -1.19. The molecule has 7 heteroatoms. The summed E-state index contributed by atoms with van der Waals surface area (Å²) in [6.45, 7) is 0.626. The number of carboxylic acid groups (broad SMARTS) is 1. The van der Waals surface area contributed by atoms with Crippen molar-refractivity contribution >= 4 is 5.97 Å². The lowest BCUT2D eigenvalue weighted by molar-refractivity contribution is 0.0680. The Morgan fingerprint density at radius 1 is 1.60 bits per heavy atom. The van der Waals surface area contributed by atoms with Crippen LogP contribution in [-0.4, -0.2) is 30.8 Å². The van der Waals surface area contributed by atoms with E-state index in [2.05, 4.69) is 15.1 Å². The van der Waals surface area contributed by atoms with Gasteiger partial charge in [-0.15, -0.1) is 0 Å². The van der Waals surface area contributed by atoms with Crippen LogP contribution in [0.4, 0.5) is 0 Å². The Kier molecular flexibility index (Phi) is 2.44. The summed E-state index contributed by atoms with van der Waals surface area (Å²) in [6.07, 6.45) is 5.61. The first kappa shape index (κ1) is 9.38. The normalized spacial score (nSPS) is 10.4. The molecule has 0 spiro atoms. The lowest BCUT2D eigenvalue weighted by atomic mass is 10.4. The molecule has 7 nitrogen and oxygen atoms in total. The zero-order chi connectivity index (χ0) is 10.7. The molecule has 0 bridgehead atoms. The summed E-state index contributed by atoms with van der Waals surface area (Å²) in [6, 6.07) is 0. The maximum atomic E-state index is 10.4. The number of hydrogen-bond donors (Lipinski definition) is 1. The molecule has 2 aromatic rings. The van der Waals surface area contributed by atoms with Gasteiger partial charge >= 0.3 is 5.97 Å². The van der Waals surface area contributed by atoms with Crippen molar-refractivity contribution in [2.24, 2.45) is 0 Å². The van der Waals surface area contributed by atoms with E-state index in [1.165, 1.54) is 0 Å². The van der Waals surface area contributed by atoms with Crippen molar-refractivity contribution in [2.45, 2.75) is 13.0 Å². The molecule has 78 valence electrons. The van der Waals surface area contributed by atoms with E-state index >= 15 is 0 Å². The van der Waals surface area contributed by atoms with Crippen LogP contribution in [0.2, 0.25) is 0 Å². The Morgan fingerprint density at radius 3 is 3.07 bits per heavy atom. The van der Waals surface area contributed by atoms with Crippen LogP contribution in [0.25, 0.3) is 0 Å². The average molecular weight is 208 g/mol. The smallest absolute Gasteiger partial charge is 0.377 e. The Balaban J connectivity index is 1.96. The molecule has 0 atom stereocenters. The predicted molar refractivity (Wildman–Crippen MR) is 47.2 cm³/mol. The van der Waals surface area contributed by atoms with Gasteiger partial charge < -0.3 is 14.2 Å². The molecule has 2 aromatic heterocycles. The van der Waals surface area contributed by atoms with Gasteiger partial charge in [0.15, 0.2) is 0 Å². The lowest BCUT2D eigenvalue weighted by Gasteiger charge is -1.96. The van der Waals surface area contributed by atoms with Crippen molar-refractivity contribution in [3.05, 3.63) is 30.4 Å². The van der Waals surface area contributed by atoms with E-state index in [9.17, 15) is 4.79 Å². The maximum absolute atomic E-state index is 10.4. The molecule has 0 saturated heterocycles. The molecule has 0 aromatic carbocycles. The largest absolute Gasteiger partial charge is 0.475 e. The molecule has 0 unspecified atom stereocenters. The highest BCUT2D eigenvalue weighted by atomic mass is 16.5. The summed E-state index contributed by atoms with van der Waals surface area (Å²) >= 11 is 0. The number of carboxylic acids is 1. The molecule has 2 rings (SSSR count). The first-order chi connectivity index (χ1) is 7.25. The topological polar surface area (TPSA) is 94.0 Å². The fourth-order valence-electron chi connectivity index (χ4n) is 1.09. The number of hydrogen-bond acceptors (Lipinski definition) is 5. The Labute approximate surface area is 84.4 Å². The minimum Gasteiger partial charge on any atom is -0.475 e. The number of aromatic carboxylic acids is 1. The minimum absolute atomic E-state index is 0.307. The van der Waals surface area contributed by atoms with Crippen LogP contribution in [0.5, 0.6) is 0 Å². The first-order valence-electron chi connectivity index (χ1n) is 4.27. The lowest BCUT2D eigenvalue weighted by Crippen LogP contribution is -2.01. The second-order valence-corrected chi connectivity index (χ2v) is 2.87. The SMILES string of the molecule is O=C(O)c1noc(CCn2ccnc2)n1. The standard InChI is InChI=1S/C8H8N4O3/c13-8(14)7-10-6(15-11-7)1-3-12-4-2-9-5-12/h2,4-5H,1,3H2,(H,13,14). The van der Waals surface area contributed by atoms with E-state index in [0.717, 1.165) is 0 Å². The van der Waals surface area contributed by atoms with Gasteiger partial charge in [-0.25, -0.2) is 9.78 Å². The van der Waals surface area contributed by atoms with Crippen molar-refractivity contribution in [1.29, 1.82) is 0 Å². The number of rotatable bonds is 4. The van der Waals surface area contributed by atoms with Crippen LogP contribution < -0.4 is 0 Å². The van der Waals surface area contributed by atoms with E-state index in [0.29, 0.717) is 18.9 Å². The molecule has 0 fully saturated rings. The maximum Gasteiger partial charge on any atom is 0.377 e. The predicted octanol–water partition coefficient (Wildman–Crippen LogP) is 0.207. The Bertz CT molecular complexity index is 448. The number of nitrogens with zero attached hydrogens (tertiary/aromatic N) is 4. The summed E-state index contributed by atoms with van der Waals surface area (Å²) in [5.41, 5.74) is 0. The minimum atomic E-state index is -1.19. The van der Waals surface area contributed by atoms with Gasteiger partial charge in [0.2, 0.25) is 5.89 Å². The summed E-state index contributed by atoms with van der Waals surface area (Å²) in [7, 11) is 0. The van der Waals surface area contributed by atoms with Gasteiger partial charge in [-0.2, -0.15) is 4.98 Å². The van der Waals surface area contributed by atoms with Crippen molar-refractivity contribution in [3.8, 4) is 0 Å². The third-order valence-corrected chi connectivity index (χ3v) is 1.80. The summed E-state index contributed by atoms with van der Waals surface area (Å²) in [4.78, 5) is 18.0. The van der Waals surface area contributed by atoms with Crippen LogP contribution in [-0.2, 0) is 13.0 Å². The number of aromatic nitrogens is 4. The molecule has 0 aliphatic rings. The van der Waals surface area contributed by atoms with Gasteiger partial charge in [0.25, 0.3) is 5.82 Å². The first-order valence-corrected chi connectivity index (χ1v) is 4.27. The zero-order valence-electron chi connectivity index (χ0n) is 7.70. The van der Waals surface area contributed by atoms with Gasteiger partial charge in [0, 0.05) is 25.4 Å². The van der Waals surface area contributed by atoms with Crippen LogP contribution in [0.3, 0.4) is 0 Å². The summed E-state index contributed by atoms with van der Waals surface area (Å²) < 4.78 is 6.59. The molecule has 1 N–H and O–H groups in total. The van der Waals surface area contributed by atoms with Gasteiger partial charge in [-0.05, 0) is 5.16 Å². The molecular weight excluding hydrogens is 200 g/mol. The molecule has 0 radical (unpaired) electrons. The third-order valence-electron chi connectivity index (χ3n) is 1.80. The van der Waals surface area contributed by atoms with Crippen molar-refractivity contribution < 1.29 is 14.4 Å². The zero-order valence-corrected chi connectivity index (χ0v) is 7.70. The summed E-state index contributed by atoms with van der Waals surface area (Å²) in [5, 5.41) is 11.9. The van der Waals surface area contributed by atoms with Gasteiger partial charge in [-0.1, -0.05) is 0 Å². The molecule has 0 aliphatic carbocycles. The highest BCUT2D eigenvalue weighted by Crippen LogP contribution is 2.00. The monoisotopic (exact) mass is 208 g/mol. The molecule has 15 heavy (non-hydrogen) atoms. The van der Waals surface area contributed by atoms with Gasteiger partial charge in [0.05, 0.1) is 6.33 Å². The van der Waals surface area contributed by atoms with E-state index in [4.69, 9.17) is 9.63 Å². The highest BCUT2D eigenvalue weighted by Gasteiger charge is 2.12. The second-order valence-electron chi connectivity index (χ2n) is 2.87. The van der Waals surface area contributed by atoms with E-state index in [1.54, 1.807) is 18.7 Å². The molecule has 0 saturated carbocycles. The Morgan fingerprint density at radius 2 is 2.47 bits per heavy atom. The third kappa shape index (κ3) is 2.19. The van der Waals surface area contributed by atoms with Gasteiger partial charge in [0.1, 0.15) is 0 Å². The quantitative estimate of drug-likeness (QED) is 0.771. The molecule has 0 amide bonds. The number of imidazole rings is 1. The van der Waals surface area contributed by atoms with Crippen molar-refractivity contribution in [2.75, 3.05) is 0 Å². The van der Waals surface area contributed by atoms with Crippen LogP contribution in [0, 0.1) is 0 Å². The van der Waals surface area contributed by atoms with Crippen molar-refractivity contribution in [1.82, 2.24) is 19.7 Å². The van der Waals surface area contributed by atoms with Crippen LogP contribution in [0.1, 0.15) is 16.5 Å². The number of aryl methyl sites for hydroxylation is 2. The molecular formula is C8H8N4O3. The molecule has 2 heterocycles. The van der Waals surface area contributed by atoms with E-state index in [-0.39, 0.29) is 5.82 Å². The number of carbonyl (C=O) groups is 1. The fourth-order valence-corrected chi connectivity index (χ4v) is 1.09. The second kappa shape index (κ2) is 3.91. The average Bonchev–Trinajstić information content (AvgIpc) is 2.86. The fraction of sp³-hybridized carbons (Fsp3) is 0.250. The molecule has 0 aliphatic heterocycles. The van der Waals surface area contributed by atoms with E-state index < -0.39 is 5.97 Å². The Hall–Kier alpha value is -2.18. The van der Waals surface area contributed by atoms with E-state index in [1.807, 2.05) is 4.57 Å². The van der Waals surface area contributed by atoms with Crippen LogP contribution in [0.15, 0.2) is 23.2 Å². The van der Waals surface area contributed by atoms with Crippen molar-refractivity contribution in [3.63, 3.8) is 0 Å². The van der Waals surface area contributed by atoms with Crippen LogP contribution >= 0.6 is 0 Å².